The predicted molar refractivity (Wildman–Crippen MR) is 127 cm³/mol. The number of nitrogens with one attached hydrogen (secondary N) is 2. The van der Waals surface area contributed by atoms with Gasteiger partial charge in [0.2, 0.25) is 5.91 Å². The first-order valence-electron chi connectivity index (χ1n) is 10.4. The Morgan fingerprint density at radius 3 is 2.08 bits per heavy atom. The molecule has 0 heterocycles. The van der Waals surface area contributed by atoms with Crippen molar-refractivity contribution in [1.82, 2.24) is 10.6 Å². The summed E-state index contributed by atoms with van der Waals surface area (Å²) in [5.74, 6) is -4.88. The number of halogens is 11. The Balaban J connectivity index is 2.34. The van der Waals surface area contributed by atoms with Crippen LogP contribution in [0.3, 0.4) is 0 Å². The molecular weight excluding hydrogens is 667 g/mol. The van der Waals surface area contributed by atoms with Crippen LogP contribution in [0.2, 0.25) is 0 Å². The fraction of sp³-hybridized carbons (Fsp3) is 0.304. The van der Waals surface area contributed by atoms with Gasteiger partial charge in [-0.2, -0.15) is 39.5 Å². The molecule has 0 saturated carbocycles. The van der Waals surface area contributed by atoms with Gasteiger partial charge in [-0.25, -0.2) is 0 Å². The first-order chi connectivity index (χ1) is 17.3. The van der Waals surface area contributed by atoms with Crippen molar-refractivity contribution in [3.05, 3.63) is 73.7 Å². The molecular formula is C23H17Br2F9N2O2. The second-order valence-corrected chi connectivity index (χ2v) is 9.59. The lowest BCUT2D eigenvalue weighted by Gasteiger charge is -2.19. The molecule has 0 aliphatic carbocycles. The summed E-state index contributed by atoms with van der Waals surface area (Å²) >= 11 is 6.23. The number of carbonyl (C=O) groups excluding carboxylic acids is 2. The Hall–Kier alpha value is -2.55. The molecule has 2 atom stereocenters. The number of hydrogen-bond donors (Lipinski definition) is 2. The number of hydrogen-bond acceptors (Lipinski definition) is 2. The Kier molecular flexibility index (Phi) is 10.1. The van der Waals surface area contributed by atoms with Gasteiger partial charge in [0.05, 0.1) is 17.0 Å². The minimum absolute atomic E-state index is 0.186. The highest BCUT2D eigenvalue weighted by molar-refractivity contribution is 9.13. The summed E-state index contributed by atoms with van der Waals surface area (Å²) in [6.45, 7) is -0.747. The van der Waals surface area contributed by atoms with Gasteiger partial charge in [-0.15, -0.1) is 0 Å². The molecule has 0 spiro atoms. The zero-order valence-electron chi connectivity index (χ0n) is 19.0. The third-order valence-corrected chi connectivity index (χ3v) is 6.81. The van der Waals surface area contributed by atoms with E-state index in [-0.39, 0.29) is 11.1 Å². The maximum Gasteiger partial charge on any atom is 0.417 e. The van der Waals surface area contributed by atoms with Crippen LogP contribution in [-0.2, 0) is 11.0 Å². The summed E-state index contributed by atoms with van der Waals surface area (Å²) in [6.07, 6.45) is -13.2. The van der Waals surface area contributed by atoms with Gasteiger partial charge in [0.15, 0.2) is 0 Å². The van der Waals surface area contributed by atoms with E-state index >= 15 is 0 Å². The van der Waals surface area contributed by atoms with Gasteiger partial charge in [0, 0.05) is 8.95 Å². The second kappa shape index (κ2) is 12.1. The summed E-state index contributed by atoms with van der Waals surface area (Å²) in [5, 5.41) is 3.36. The van der Waals surface area contributed by atoms with Crippen LogP contribution in [0.4, 0.5) is 39.5 Å². The van der Waals surface area contributed by atoms with E-state index in [9.17, 15) is 49.1 Å². The van der Waals surface area contributed by atoms with Gasteiger partial charge in [0.1, 0.15) is 12.6 Å². The zero-order valence-corrected chi connectivity index (χ0v) is 22.1. The molecule has 2 aromatic carbocycles. The first kappa shape index (κ1) is 31.7. The van der Waals surface area contributed by atoms with Gasteiger partial charge in [-0.05, 0) is 74.2 Å². The lowest BCUT2D eigenvalue weighted by molar-refractivity contribution is -0.139. The highest BCUT2D eigenvalue weighted by atomic mass is 79.9. The first-order valence-corrected chi connectivity index (χ1v) is 11.9. The van der Waals surface area contributed by atoms with E-state index in [1.807, 2.05) is 5.32 Å². The lowest BCUT2D eigenvalue weighted by atomic mass is 9.96. The average Bonchev–Trinajstić information content (AvgIpc) is 2.77. The van der Waals surface area contributed by atoms with Crippen LogP contribution >= 0.6 is 31.9 Å². The van der Waals surface area contributed by atoms with Gasteiger partial charge >= 0.3 is 18.5 Å². The third kappa shape index (κ3) is 9.03. The third-order valence-electron chi connectivity index (χ3n) is 4.93. The molecule has 0 aliphatic rings. The van der Waals surface area contributed by atoms with Crippen LogP contribution in [0.15, 0.2) is 51.4 Å². The van der Waals surface area contributed by atoms with Crippen molar-refractivity contribution < 1.29 is 49.1 Å². The van der Waals surface area contributed by atoms with Crippen molar-refractivity contribution in [2.24, 2.45) is 0 Å². The minimum atomic E-state index is -5.13. The molecule has 2 aromatic rings. The van der Waals surface area contributed by atoms with Gasteiger partial charge < -0.3 is 10.6 Å². The highest BCUT2D eigenvalue weighted by Crippen LogP contribution is 2.39. The molecule has 0 aromatic heterocycles. The SMILES string of the molecule is C[C@@H](NC(=O)c1ccc(/C=C/C(c2ccc(Br)c(Br)c2)C(F)(F)F)cc1C(F)(F)F)C(=O)NCC(F)(F)F. The maximum atomic E-state index is 13.7. The van der Waals surface area contributed by atoms with Crippen molar-refractivity contribution in [3.8, 4) is 0 Å². The Morgan fingerprint density at radius 1 is 0.921 bits per heavy atom. The van der Waals surface area contributed by atoms with Crippen molar-refractivity contribution in [2.45, 2.75) is 37.4 Å². The van der Waals surface area contributed by atoms with E-state index in [1.54, 1.807) is 0 Å². The molecule has 38 heavy (non-hydrogen) atoms. The summed E-state index contributed by atoms with van der Waals surface area (Å²) < 4.78 is 120. The van der Waals surface area contributed by atoms with Crippen LogP contribution in [0.1, 0.15) is 39.9 Å². The molecule has 2 N–H and O–H groups in total. The highest BCUT2D eigenvalue weighted by Gasteiger charge is 2.39. The second-order valence-electron chi connectivity index (χ2n) is 7.88. The normalized spacial score (nSPS) is 14.3. The van der Waals surface area contributed by atoms with Gasteiger partial charge in [0.25, 0.3) is 5.91 Å². The minimum Gasteiger partial charge on any atom is -0.345 e. The molecule has 0 aliphatic heterocycles. The topological polar surface area (TPSA) is 58.2 Å². The van der Waals surface area contributed by atoms with Crippen molar-refractivity contribution in [3.63, 3.8) is 0 Å². The number of alkyl halides is 9. The Labute approximate surface area is 226 Å². The predicted octanol–water partition coefficient (Wildman–Crippen LogP) is 7.39. The Morgan fingerprint density at radius 2 is 1.55 bits per heavy atom. The number of rotatable bonds is 7. The smallest absolute Gasteiger partial charge is 0.345 e. The monoisotopic (exact) mass is 682 g/mol. The van der Waals surface area contributed by atoms with Crippen LogP contribution in [0.5, 0.6) is 0 Å². The van der Waals surface area contributed by atoms with E-state index in [0.717, 1.165) is 19.1 Å². The van der Waals surface area contributed by atoms with Gasteiger partial charge in [-0.1, -0.05) is 24.3 Å². The zero-order chi connectivity index (χ0) is 29.1. The van der Waals surface area contributed by atoms with E-state index in [2.05, 4.69) is 31.9 Å². The molecule has 1 unspecified atom stereocenters. The number of amides is 2. The van der Waals surface area contributed by atoms with E-state index in [4.69, 9.17) is 0 Å². The molecule has 0 radical (unpaired) electrons. The summed E-state index contributed by atoms with van der Waals surface area (Å²) in [6, 6.07) is 4.24. The fourth-order valence-corrected chi connectivity index (χ4v) is 3.74. The molecule has 15 heteroatoms. The van der Waals surface area contributed by atoms with Crippen LogP contribution in [-0.4, -0.2) is 36.8 Å². The van der Waals surface area contributed by atoms with Crippen LogP contribution < -0.4 is 10.6 Å². The molecule has 2 rings (SSSR count). The fourth-order valence-electron chi connectivity index (χ4n) is 3.10. The van der Waals surface area contributed by atoms with Crippen molar-refractivity contribution in [1.29, 1.82) is 0 Å². The number of benzene rings is 2. The molecule has 0 saturated heterocycles. The van der Waals surface area contributed by atoms with Gasteiger partial charge in [-0.3, -0.25) is 9.59 Å². The summed E-state index contributed by atoms with van der Waals surface area (Å²) in [4.78, 5) is 24.1. The number of carbonyl (C=O) groups is 2. The van der Waals surface area contributed by atoms with E-state index in [0.29, 0.717) is 27.2 Å². The molecule has 0 fully saturated rings. The average molecular weight is 684 g/mol. The lowest BCUT2D eigenvalue weighted by Crippen LogP contribution is -2.47. The summed E-state index contributed by atoms with van der Waals surface area (Å²) in [5.41, 5.74) is -2.99. The van der Waals surface area contributed by atoms with Crippen LogP contribution in [0.25, 0.3) is 6.08 Å². The maximum absolute atomic E-state index is 13.7. The molecule has 4 nitrogen and oxygen atoms in total. The number of allylic oxidation sites excluding steroid dienone is 1. The summed E-state index contributed by atoms with van der Waals surface area (Å²) in [7, 11) is 0. The Bertz CT molecular complexity index is 1210. The quantitative estimate of drug-likeness (QED) is 0.299. The molecule has 0 bridgehead atoms. The van der Waals surface area contributed by atoms with Crippen LogP contribution in [0, 0.1) is 0 Å². The van der Waals surface area contributed by atoms with E-state index < -0.39 is 60.0 Å². The standard InChI is InChI=1S/C23H17Br2F9N2O2/c1-11(19(37)35-10-21(26,27)28)36-20(38)14-5-2-12(8-16(14)23(32,33)34)3-6-15(22(29,30)31)13-4-7-17(24)18(25)9-13/h2-9,11,15H,10H2,1H3,(H,35,37)(H,36,38)/b6-3+/t11-,15?/m1/s1. The van der Waals surface area contributed by atoms with Crippen molar-refractivity contribution >= 4 is 49.8 Å². The molecule has 208 valence electrons. The van der Waals surface area contributed by atoms with E-state index in [1.165, 1.54) is 23.5 Å². The van der Waals surface area contributed by atoms with Crippen molar-refractivity contribution in [2.75, 3.05) is 6.54 Å². The molecule has 2 amide bonds. The largest absolute Gasteiger partial charge is 0.417 e.